The van der Waals surface area contributed by atoms with Gasteiger partial charge in [0.1, 0.15) is 0 Å². The van der Waals surface area contributed by atoms with Crippen molar-refractivity contribution in [3.63, 3.8) is 0 Å². The predicted molar refractivity (Wildman–Crippen MR) is 67.2 cm³/mol. The Morgan fingerprint density at radius 3 is 2.40 bits per heavy atom. The summed E-state index contributed by atoms with van der Waals surface area (Å²) in [7, 11) is 0. The Morgan fingerprint density at radius 2 is 1.93 bits per heavy atom. The van der Waals surface area contributed by atoms with Crippen molar-refractivity contribution >= 4 is 17.4 Å². The molecule has 0 amide bonds. The van der Waals surface area contributed by atoms with Crippen LogP contribution in [0.15, 0.2) is 24.3 Å². The number of thioether (sulfide) groups is 1. The van der Waals surface area contributed by atoms with Crippen molar-refractivity contribution in [1.82, 2.24) is 0 Å². The summed E-state index contributed by atoms with van der Waals surface area (Å²) in [6.07, 6.45) is 2.11. The van der Waals surface area contributed by atoms with Gasteiger partial charge >= 0.3 is 0 Å². The van der Waals surface area contributed by atoms with E-state index in [0.717, 1.165) is 12.2 Å². The monoisotopic (exact) mass is 220 g/mol. The summed E-state index contributed by atoms with van der Waals surface area (Å²) < 4.78 is 0.230. The Balaban J connectivity index is 2.56. The fraction of sp³-hybridized carbons (Fsp3) is 0.417. The lowest BCUT2D eigenvalue weighted by molar-refractivity contribution is 0.753. The highest BCUT2D eigenvalue weighted by Crippen LogP contribution is 2.21. The van der Waals surface area contributed by atoms with Crippen molar-refractivity contribution in [2.45, 2.75) is 18.6 Å². The highest BCUT2D eigenvalue weighted by molar-refractivity contribution is 7.99. The third-order valence-electron chi connectivity index (χ3n) is 2.28. The van der Waals surface area contributed by atoms with E-state index in [1.54, 1.807) is 0 Å². The second-order valence-electron chi connectivity index (χ2n) is 4.01. The molecule has 1 aromatic carbocycles. The molecule has 0 heterocycles. The average Bonchev–Trinajstić information content (AvgIpc) is 2.27. The molecule has 0 aromatic heterocycles. The van der Waals surface area contributed by atoms with Crippen molar-refractivity contribution in [1.29, 1.82) is 5.26 Å². The number of nitriles is 1. The van der Waals surface area contributed by atoms with Crippen LogP contribution in [0, 0.1) is 11.3 Å². The zero-order valence-electron chi connectivity index (χ0n) is 9.37. The number of hydrogen-bond donors (Lipinski definition) is 1. The van der Waals surface area contributed by atoms with Gasteiger partial charge in [0.25, 0.3) is 0 Å². The van der Waals surface area contributed by atoms with Crippen LogP contribution in [0.1, 0.15) is 19.4 Å². The minimum atomic E-state index is 0.230. The van der Waals surface area contributed by atoms with Gasteiger partial charge in [0.15, 0.2) is 0 Å². The Hall–Kier alpha value is -1.14. The van der Waals surface area contributed by atoms with Gasteiger partial charge in [-0.15, -0.1) is 0 Å². The topological polar surface area (TPSA) is 35.8 Å². The molecule has 0 aliphatic rings. The molecule has 0 aliphatic carbocycles. The third kappa shape index (κ3) is 3.85. The first kappa shape index (κ1) is 11.9. The molecule has 1 aromatic rings. The van der Waals surface area contributed by atoms with E-state index in [1.807, 2.05) is 36.0 Å². The summed E-state index contributed by atoms with van der Waals surface area (Å²) >= 11 is 1.84. The highest BCUT2D eigenvalue weighted by Gasteiger charge is 2.14. The van der Waals surface area contributed by atoms with Crippen LogP contribution < -0.4 is 5.32 Å². The van der Waals surface area contributed by atoms with Gasteiger partial charge in [0.05, 0.1) is 11.6 Å². The number of hydrogen-bond acceptors (Lipinski definition) is 3. The van der Waals surface area contributed by atoms with Gasteiger partial charge in [-0.25, -0.2) is 0 Å². The number of nitrogens with one attached hydrogen (secondary N) is 1. The second kappa shape index (κ2) is 5.09. The average molecular weight is 220 g/mol. The summed E-state index contributed by atoms with van der Waals surface area (Å²) in [5, 5.41) is 12.0. The molecule has 0 saturated heterocycles. The third-order valence-corrected chi connectivity index (χ3v) is 3.53. The van der Waals surface area contributed by atoms with Crippen molar-refractivity contribution in [2.75, 3.05) is 18.1 Å². The molecule has 0 radical (unpaired) electrons. The van der Waals surface area contributed by atoms with Crippen LogP contribution in [0.5, 0.6) is 0 Å². The first-order valence-corrected chi connectivity index (χ1v) is 6.09. The second-order valence-corrected chi connectivity index (χ2v) is 5.52. The van der Waals surface area contributed by atoms with E-state index in [2.05, 4.69) is 31.5 Å². The quantitative estimate of drug-likeness (QED) is 0.847. The Labute approximate surface area is 95.7 Å². The molecule has 15 heavy (non-hydrogen) atoms. The van der Waals surface area contributed by atoms with Crippen LogP contribution in [0.3, 0.4) is 0 Å². The molecule has 0 atom stereocenters. The molecule has 0 bridgehead atoms. The zero-order valence-corrected chi connectivity index (χ0v) is 10.2. The molecule has 0 spiro atoms. The normalized spacial score (nSPS) is 10.8. The van der Waals surface area contributed by atoms with Gasteiger partial charge in [-0.2, -0.15) is 17.0 Å². The standard InChI is InChI=1S/C12H16N2S/c1-12(2,15-3)9-14-11-6-4-10(8-13)5-7-11/h4-7,14H,9H2,1-3H3. The fourth-order valence-corrected chi connectivity index (χ4v) is 1.27. The first-order valence-electron chi connectivity index (χ1n) is 4.86. The van der Waals surface area contributed by atoms with E-state index >= 15 is 0 Å². The summed E-state index contributed by atoms with van der Waals surface area (Å²) in [6, 6.07) is 9.64. The molecule has 0 aliphatic heterocycles. The van der Waals surface area contributed by atoms with Gasteiger partial charge in [0.2, 0.25) is 0 Å². The maximum absolute atomic E-state index is 8.65. The van der Waals surface area contributed by atoms with Gasteiger partial charge in [-0.1, -0.05) is 0 Å². The minimum Gasteiger partial charge on any atom is -0.384 e. The molecule has 2 nitrogen and oxygen atoms in total. The van der Waals surface area contributed by atoms with Crippen LogP contribution in [-0.4, -0.2) is 17.5 Å². The molecule has 1 N–H and O–H groups in total. The Kier molecular flexibility index (Phi) is 4.05. The van der Waals surface area contributed by atoms with E-state index in [1.165, 1.54) is 0 Å². The van der Waals surface area contributed by atoms with Gasteiger partial charge in [-0.3, -0.25) is 0 Å². The maximum Gasteiger partial charge on any atom is 0.0991 e. The smallest absolute Gasteiger partial charge is 0.0991 e. The van der Waals surface area contributed by atoms with Crippen molar-refractivity contribution in [3.8, 4) is 6.07 Å². The summed E-state index contributed by atoms with van der Waals surface area (Å²) in [6.45, 7) is 5.32. The molecule has 1 rings (SSSR count). The Morgan fingerprint density at radius 1 is 1.33 bits per heavy atom. The minimum absolute atomic E-state index is 0.230. The highest BCUT2D eigenvalue weighted by atomic mass is 32.2. The summed E-state index contributed by atoms with van der Waals surface area (Å²) in [5.74, 6) is 0. The summed E-state index contributed by atoms with van der Waals surface area (Å²) in [5.41, 5.74) is 1.76. The number of anilines is 1. The van der Waals surface area contributed by atoms with Crippen LogP contribution in [0.25, 0.3) is 0 Å². The maximum atomic E-state index is 8.65. The lowest BCUT2D eigenvalue weighted by atomic mass is 10.2. The lowest BCUT2D eigenvalue weighted by Crippen LogP contribution is -2.25. The summed E-state index contributed by atoms with van der Waals surface area (Å²) in [4.78, 5) is 0. The van der Waals surface area contributed by atoms with Gasteiger partial charge in [-0.05, 0) is 44.4 Å². The van der Waals surface area contributed by atoms with Gasteiger partial charge < -0.3 is 5.32 Å². The molecule has 0 saturated carbocycles. The SMILES string of the molecule is CSC(C)(C)CNc1ccc(C#N)cc1. The van der Waals surface area contributed by atoms with E-state index in [9.17, 15) is 0 Å². The van der Waals surface area contributed by atoms with Crippen LogP contribution in [0.4, 0.5) is 5.69 Å². The lowest BCUT2D eigenvalue weighted by Gasteiger charge is -2.22. The first-order chi connectivity index (χ1) is 7.07. The zero-order chi connectivity index (χ0) is 11.3. The van der Waals surface area contributed by atoms with Crippen LogP contribution in [0.2, 0.25) is 0 Å². The molecule has 3 heteroatoms. The fourth-order valence-electron chi connectivity index (χ4n) is 1.05. The number of benzene rings is 1. The Bertz CT molecular complexity index is 349. The van der Waals surface area contributed by atoms with Crippen LogP contribution in [-0.2, 0) is 0 Å². The van der Waals surface area contributed by atoms with Crippen molar-refractivity contribution < 1.29 is 0 Å². The van der Waals surface area contributed by atoms with Crippen molar-refractivity contribution in [3.05, 3.63) is 29.8 Å². The van der Waals surface area contributed by atoms with E-state index in [4.69, 9.17) is 5.26 Å². The number of rotatable bonds is 4. The van der Waals surface area contributed by atoms with E-state index in [0.29, 0.717) is 5.56 Å². The van der Waals surface area contributed by atoms with E-state index in [-0.39, 0.29) is 4.75 Å². The molecular weight excluding hydrogens is 204 g/mol. The largest absolute Gasteiger partial charge is 0.384 e. The number of nitrogens with zero attached hydrogens (tertiary/aromatic N) is 1. The molecule has 0 unspecified atom stereocenters. The molecule has 80 valence electrons. The molecular formula is C12H16N2S. The molecule has 0 fully saturated rings. The predicted octanol–water partition coefficient (Wildman–Crippen LogP) is 3.11. The van der Waals surface area contributed by atoms with Crippen LogP contribution >= 0.6 is 11.8 Å². The van der Waals surface area contributed by atoms with Gasteiger partial charge in [0, 0.05) is 17.0 Å². The van der Waals surface area contributed by atoms with Crippen molar-refractivity contribution in [2.24, 2.45) is 0 Å². The van der Waals surface area contributed by atoms with E-state index < -0.39 is 0 Å².